The lowest BCUT2D eigenvalue weighted by molar-refractivity contribution is 0.0954. The van der Waals surface area contributed by atoms with Gasteiger partial charge < -0.3 is 4.74 Å². The van der Waals surface area contributed by atoms with Crippen molar-refractivity contribution in [3.8, 4) is 16.9 Å². The number of halogens is 1. The normalized spacial score (nSPS) is 11.1. The maximum absolute atomic E-state index is 12.3. The molecule has 0 aromatic heterocycles. The van der Waals surface area contributed by atoms with Crippen molar-refractivity contribution in [3.05, 3.63) is 88.4 Å². The summed E-state index contributed by atoms with van der Waals surface area (Å²) in [7, 11) is 1.58. The number of benzene rings is 3. The number of hydrogen-bond donors (Lipinski definition) is 1. The fourth-order valence-corrected chi connectivity index (χ4v) is 3.15. The van der Waals surface area contributed by atoms with Crippen LogP contribution < -0.4 is 10.2 Å². The van der Waals surface area contributed by atoms with Crippen LogP contribution in [0.3, 0.4) is 0 Å². The Kier molecular flexibility index (Phi) is 6.04. The molecule has 0 aliphatic rings. The number of ether oxygens (including phenoxy) is 1. The zero-order chi connectivity index (χ0) is 19.2. The van der Waals surface area contributed by atoms with Gasteiger partial charge >= 0.3 is 0 Å². The molecule has 0 saturated heterocycles. The maximum atomic E-state index is 12.3. The van der Waals surface area contributed by atoms with E-state index in [2.05, 4.69) is 38.6 Å². The minimum Gasteiger partial charge on any atom is -0.496 e. The van der Waals surface area contributed by atoms with Gasteiger partial charge in [-0.05, 0) is 57.7 Å². The van der Waals surface area contributed by atoms with Crippen molar-refractivity contribution in [2.75, 3.05) is 7.11 Å². The molecular weight excluding hydrogens is 404 g/mol. The Morgan fingerprint density at radius 3 is 2.19 bits per heavy atom. The fraction of sp³-hybridized carbons (Fsp3) is 0.0909. The van der Waals surface area contributed by atoms with E-state index in [4.69, 9.17) is 4.74 Å². The number of amides is 1. The molecule has 0 saturated carbocycles. The van der Waals surface area contributed by atoms with Crippen molar-refractivity contribution in [2.24, 2.45) is 5.10 Å². The third-order valence-electron chi connectivity index (χ3n) is 4.15. The summed E-state index contributed by atoms with van der Waals surface area (Å²) in [6, 6.07) is 23.4. The Balaban J connectivity index is 1.70. The van der Waals surface area contributed by atoms with Crippen LogP contribution in [0.5, 0.6) is 5.75 Å². The van der Waals surface area contributed by atoms with Gasteiger partial charge in [-0.15, -0.1) is 0 Å². The summed E-state index contributed by atoms with van der Waals surface area (Å²) < 4.78 is 5.89. The monoisotopic (exact) mass is 422 g/mol. The van der Waals surface area contributed by atoms with E-state index in [1.165, 1.54) is 0 Å². The second-order valence-corrected chi connectivity index (χ2v) is 6.79. The molecule has 1 N–H and O–H groups in total. The van der Waals surface area contributed by atoms with Gasteiger partial charge in [0.2, 0.25) is 0 Å². The standard InChI is InChI=1S/C22H19BrN2O2/c1-15(16-8-10-18(11-9-16)17-6-4-3-5-7-17)24-25-22(26)19-12-13-21(27-2)20(23)14-19/h3-14H,1-2H3,(H,25,26)/b24-15+. The van der Waals surface area contributed by atoms with E-state index in [9.17, 15) is 4.79 Å². The number of carbonyl (C=O) groups is 1. The lowest BCUT2D eigenvalue weighted by Crippen LogP contribution is -2.19. The predicted octanol–water partition coefficient (Wildman–Crippen LogP) is 5.28. The van der Waals surface area contributed by atoms with Crippen LogP contribution in [0.25, 0.3) is 11.1 Å². The van der Waals surface area contributed by atoms with Crippen LogP contribution in [0.2, 0.25) is 0 Å². The van der Waals surface area contributed by atoms with Crippen LogP contribution in [0.4, 0.5) is 0 Å². The molecule has 3 rings (SSSR count). The van der Waals surface area contributed by atoms with Gasteiger partial charge in [0.15, 0.2) is 0 Å². The number of rotatable bonds is 5. The smallest absolute Gasteiger partial charge is 0.271 e. The zero-order valence-electron chi connectivity index (χ0n) is 15.1. The highest BCUT2D eigenvalue weighted by atomic mass is 79.9. The molecule has 27 heavy (non-hydrogen) atoms. The van der Waals surface area contributed by atoms with Crippen LogP contribution in [-0.2, 0) is 0 Å². The molecule has 0 aliphatic carbocycles. The highest BCUT2D eigenvalue weighted by Crippen LogP contribution is 2.25. The van der Waals surface area contributed by atoms with Crippen LogP contribution in [0, 0.1) is 0 Å². The molecule has 0 bridgehead atoms. The van der Waals surface area contributed by atoms with E-state index >= 15 is 0 Å². The van der Waals surface area contributed by atoms with Crippen molar-refractivity contribution in [1.29, 1.82) is 0 Å². The maximum Gasteiger partial charge on any atom is 0.271 e. The lowest BCUT2D eigenvalue weighted by atomic mass is 10.0. The molecule has 0 radical (unpaired) electrons. The van der Waals surface area contributed by atoms with Gasteiger partial charge in [0.25, 0.3) is 5.91 Å². The van der Waals surface area contributed by atoms with E-state index in [1.54, 1.807) is 25.3 Å². The molecule has 0 fully saturated rings. The third kappa shape index (κ3) is 4.63. The number of carbonyl (C=O) groups excluding carboxylic acids is 1. The van der Waals surface area contributed by atoms with E-state index in [-0.39, 0.29) is 5.91 Å². The Morgan fingerprint density at radius 2 is 1.56 bits per heavy atom. The molecule has 1 amide bonds. The van der Waals surface area contributed by atoms with Gasteiger partial charge in [-0.1, -0.05) is 54.6 Å². The van der Waals surface area contributed by atoms with Crippen molar-refractivity contribution in [2.45, 2.75) is 6.92 Å². The van der Waals surface area contributed by atoms with Crippen molar-refractivity contribution >= 4 is 27.5 Å². The first-order valence-electron chi connectivity index (χ1n) is 8.42. The SMILES string of the molecule is COc1ccc(C(=O)N/N=C(\C)c2ccc(-c3ccccc3)cc2)cc1Br. The first-order chi connectivity index (χ1) is 13.1. The largest absolute Gasteiger partial charge is 0.496 e. The van der Waals surface area contributed by atoms with Crippen molar-refractivity contribution in [3.63, 3.8) is 0 Å². The van der Waals surface area contributed by atoms with E-state index < -0.39 is 0 Å². The van der Waals surface area contributed by atoms with Crippen LogP contribution >= 0.6 is 15.9 Å². The highest BCUT2D eigenvalue weighted by Gasteiger charge is 2.08. The van der Waals surface area contributed by atoms with Gasteiger partial charge in [-0.25, -0.2) is 5.43 Å². The second-order valence-electron chi connectivity index (χ2n) is 5.93. The Bertz CT molecular complexity index is 967. The van der Waals surface area contributed by atoms with E-state index in [0.717, 1.165) is 26.9 Å². The minimum atomic E-state index is -0.279. The number of nitrogens with one attached hydrogen (secondary N) is 1. The highest BCUT2D eigenvalue weighted by molar-refractivity contribution is 9.10. The molecule has 0 unspecified atom stereocenters. The number of hydrazone groups is 1. The Hall–Kier alpha value is -2.92. The zero-order valence-corrected chi connectivity index (χ0v) is 16.7. The number of methoxy groups -OCH3 is 1. The molecule has 0 spiro atoms. The summed E-state index contributed by atoms with van der Waals surface area (Å²) in [5.74, 6) is 0.392. The molecule has 136 valence electrons. The summed E-state index contributed by atoms with van der Waals surface area (Å²) in [6.07, 6.45) is 0. The van der Waals surface area contributed by atoms with E-state index in [0.29, 0.717) is 11.3 Å². The molecule has 3 aromatic rings. The average molecular weight is 423 g/mol. The van der Waals surface area contributed by atoms with Gasteiger partial charge in [-0.2, -0.15) is 5.10 Å². The minimum absolute atomic E-state index is 0.279. The van der Waals surface area contributed by atoms with Gasteiger partial charge in [0, 0.05) is 5.56 Å². The van der Waals surface area contributed by atoms with Gasteiger partial charge in [-0.3, -0.25) is 4.79 Å². The summed E-state index contributed by atoms with van der Waals surface area (Å²) in [6.45, 7) is 1.86. The fourth-order valence-electron chi connectivity index (χ4n) is 2.61. The second kappa shape index (κ2) is 8.64. The predicted molar refractivity (Wildman–Crippen MR) is 112 cm³/mol. The molecule has 0 atom stereocenters. The molecule has 0 aliphatic heterocycles. The summed E-state index contributed by atoms with van der Waals surface area (Å²) in [4.78, 5) is 12.3. The topological polar surface area (TPSA) is 50.7 Å². The molecule has 0 heterocycles. The first kappa shape index (κ1) is 18.9. The quantitative estimate of drug-likeness (QED) is 0.449. The van der Waals surface area contributed by atoms with Crippen molar-refractivity contribution in [1.82, 2.24) is 5.43 Å². The molecule has 5 heteroatoms. The number of nitrogens with zero attached hydrogens (tertiary/aromatic N) is 1. The summed E-state index contributed by atoms with van der Waals surface area (Å²) in [5, 5.41) is 4.22. The first-order valence-corrected chi connectivity index (χ1v) is 9.22. The van der Waals surface area contributed by atoms with Crippen LogP contribution in [-0.4, -0.2) is 18.7 Å². The van der Waals surface area contributed by atoms with Crippen LogP contribution in [0.1, 0.15) is 22.8 Å². The van der Waals surface area contributed by atoms with Crippen LogP contribution in [0.15, 0.2) is 82.4 Å². The third-order valence-corrected chi connectivity index (χ3v) is 4.77. The Morgan fingerprint density at radius 1 is 0.926 bits per heavy atom. The number of hydrogen-bond acceptors (Lipinski definition) is 3. The molecule has 4 nitrogen and oxygen atoms in total. The summed E-state index contributed by atoms with van der Waals surface area (Å²) in [5.41, 5.74) is 7.08. The van der Waals surface area contributed by atoms with Crippen molar-refractivity contribution < 1.29 is 9.53 Å². The van der Waals surface area contributed by atoms with Gasteiger partial charge in [0.05, 0.1) is 17.3 Å². The molecular formula is C22H19BrN2O2. The average Bonchev–Trinajstić information content (AvgIpc) is 2.72. The summed E-state index contributed by atoms with van der Waals surface area (Å²) >= 11 is 3.38. The Labute approximate surface area is 167 Å². The van der Waals surface area contributed by atoms with E-state index in [1.807, 2.05) is 49.4 Å². The molecule has 3 aromatic carbocycles. The van der Waals surface area contributed by atoms with Gasteiger partial charge in [0.1, 0.15) is 5.75 Å². The lowest BCUT2D eigenvalue weighted by Gasteiger charge is -2.07.